The molecule has 6 nitrogen and oxygen atoms in total. The lowest BCUT2D eigenvalue weighted by molar-refractivity contribution is -0.135. The van der Waals surface area contributed by atoms with Crippen LogP contribution < -0.4 is 5.32 Å². The van der Waals surface area contributed by atoms with E-state index in [1.165, 1.54) is 11.0 Å². The molecule has 106 valence electrons. The SMILES string of the molecule is CC(C)C1NC(=O)CCN(C2C=CS(=O)(=O)C2)C1=O. The Morgan fingerprint density at radius 3 is 2.58 bits per heavy atom. The minimum atomic E-state index is -3.21. The molecule has 2 unspecified atom stereocenters. The molecule has 2 aliphatic rings. The molecule has 7 heteroatoms. The van der Waals surface area contributed by atoms with Crippen molar-refractivity contribution in [2.45, 2.75) is 32.4 Å². The normalized spacial score (nSPS) is 30.6. The summed E-state index contributed by atoms with van der Waals surface area (Å²) in [5.74, 6) is -0.483. The zero-order valence-electron chi connectivity index (χ0n) is 11.0. The minimum absolute atomic E-state index is 0.0287. The fourth-order valence-corrected chi connectivity index (χ4v) is 3.65. The van der Waals surface area contributed by atoms with Crippen LogP contribution in [0.15, 0.2) is 11.5 Å². The van der Waals surface area contributed by atoms with Crippen molar-refractivity contribution in [2.24, 2.45) is 5.92 Å². The largest absolute Gasteiger partial charge is 0.344 e. The van der Waals surface area contributed by atoms with Gasteiger partial charge in [0.15, 0.2) is 9.84 Å². The Balaban J connectivity index is 2.22. The van der Waals surface area contributed by atoms with Gasteiger partial charge in [0.2, 0.25) is 11.8 Å². The van der Waals surface area contributed by atoms with E-state index >= 15 is 0 Å². The minimum Gasteiger partial charge on any atom is -0.344 e. The monoisotopic (exact) mass is 286 g/mol. The van der Waals surface area contributed by atoms with Crippen LogP contribution in [-0.2, 0) is 19.4 Å². The number of sulfone groups is 1. The molecular weight excluding hydrogens is 268 g/mol. The van der Waals surface area contributed by atoms with Gasteiger partial charge in [-0.2, -0.15) is 0 Å². The highest BCUT2D eigenvalue weighted by atomic mass is 32.2. The van der Waals surface area contributed by atoms with E-state index in [0.29, 0.717) is 0 Å². The molecule has 0 aromatic carbocycles. The highest BCUT2D eigenvalue weighted by Crippen LogP contribution is 2.19. The van der Waals surface area contributed by atoms with Gasteiger partial charge in [-0.25, -0.2) is 8.42 Å². The topological polar surface area (TPSA) is 83.6 Å². The molecule has 19 heavy (non-hydrogen) atoms. The summed E-state index contributed by atoms with van der Waals surface area (Å²) in [4.78, 5) is 25.5. The first-order chi connectivity index (χ1) is 8.80. The zero-order valence-corrected chi connectivity index (χ0v) is 11.8. The van der Waals surface area contributed by atoms with E-state index in [-0.39, 0.29) is 36.5 Å². The summed E-state index contributed by atoms with van der Waals surface area (Å²) >= 11 is 0. The fourth-order valence-electron chi connectivity index (χ4n) is 2.35. The van der Waals surface area contributed by atoms with Crippen molar-refractivity contribution in [3.05, 3.63) is 11.5 Å². The van der Waals surface area contributed by atoms with Gasteiger partial charge in [-0.3, -0.25) is 9.59 Å². The number of hydrogen-bond donors (Lipinski definition) is 1. The number of rotatable bonds is 2. The lowest BCUT2D eigenvalue weighted by Gasteiger charge is -2.29. The Morgan fingerprint density at radius 1 is 1.37 bits per heavy atom. The van der Waals surface area contributed by atoms with Crippen molar-refractivity contribution in [2.75, 3.05) is 12.3 Å². The molecular formula is C12H18N2O4S. The van der Waals surface area contributed by atoms with Crippen LogP contribution in [0.25, 0.3) is 0 Å². The molecule has 0 radical (unpaired) electrons. The summed E-state index contributed by atoms with van der Waals surface area (Å²) in [5, 5.41) is 3.85. The number of carbonyl (C=O) groups is 2. The van der Waals surface area contributed by atoms with Gasteiger partial charge >= 0.3 is 0 Å². The van der Waals surface area contributed by atoms with Crippen LogP contribution in [0.4, 0.5) is 0 Å². The molecule has 0 spiro atoms. The van der Waals surface area contributed by atoms with E-state index in [4.69, 9.17) is 0 Å². The van der Waals surface area contributed by atoms with Gasteiger partial charge in [0.05, 0.1) is 11.8 Å². The predicted molar refractivity (Wildman–Crippen MR) is 69.8 cm³/mol. The first-order valence-corrected chi connectivity index (χ1v) is 8.02. The Kier molecular flexibility index (Phi) is 3.66. The molecule has 2 heterocycles. The summed E-state index contributed by atoms with van der Waals surface area (Å²) in [5.41, 5.74) is 0. The van der Waals surface area contributed by atoms with E-state index in [1.807, 2.05) is 13.8 Å². The summed E-state index contributed by atoms with van der Waals surface area (Å²) in [6, 6.07) is -1.03. The third-order valence-electron chi connectivity index (χ3n) is 3.42. The lowest BCUT2D eigenvalue weighted by atomic mass is 10.0. The summed E-state index contributed by atoms with van der Waals surface area (Å²) < 4.78 is 22.9. The number of hydrogen-bond acceptors (Lipinski definition) is 4. The van der Waals surface area contributed by atoms with Crippen molar-refractivity contribution in [3.8, 4) is 0 Å². The third-order valence-corrected chi connectivity index (χ3v) is 4.80. The van der Waals surface area contributed by atoms with Gasteiger partial charge in [0, 0.05) is 18.4 Å². The van der Waals surface area contributed by atoms with Crippen LogP contribution in [0.5, 0.6) is 0 Å². The van der Waals surface area contributed by atoms with Crippen LogP contribution in [0.3, 0.4) is 0 Å². The van der Waals surface area contributed by atoms with Crippen molar-refractivity contribution in [1.29, 1.82) is 0 Å². The van der Waals surface area contributed by atoms with E-state index in [2.05, 4.69) is 5.32 Å². The van der Waals surface area contributed by atoms with Crippen molar-refractivity contribution in [1.82, 2.24) is 10.2 Å². The third kappa shape index (κ3) is 2.97. The van der Waals surface area contributed by atoms with E-state index in [1.54, 1.807) is 0 Å². The molecule has 0 aromatic heterocycles. The van der Waals surface area contributed by atoms with E-state index < -0.39 is 21.9 Å². The Hall–Kier alpha value is -1.37. The second-order valence-corrected chi connectivity index (χ2v) is 7.23. The predicted octanol–water partition coefficient (Wildman–Crippen LogP) is -0.330. The highest BCUT2D eigenvalue weighted by molar-refractivity contribution is 7.94. The van der Waals surface area contributed by atoms with Crippen molar-refractivity contribution < 1.29 is 18.0 Å². The van der Waals surface area contributed by atoms with Gasteiger partial charge in [-0.15, -0.1) is 0 Å². The Labute approximate surface area is 112 Å². The average molecular weight is 286 g/mol. The molecule has 2 atom stereocenters. The van der Waals surface area contributed by atoms with Crippen molar-refractivity contribution >= 4 is 21.7 Å². The van der Waals surface area contributed by atoms with Gasteiger partial charge in [0.1, 0.15) is 6.04 Å². The van der Waals surface area contributed by atoms with Crippen molar-refractivity contribution in [3.63, 3.8) is 0 Å². The quantitative estimate of drug-likeness (QED) is 0.753. The molecule has 0 aliphatic carbocycles. The smallest absolute Gasteiger partial charge is 0.245 e. The number of carbonyl (C=O) groups excluding carboxylic acids is 2. The van der Waals surface area contributed by atoms with E-state index in [0.717, 1.165) is 5.41 Å². The van der Waals surface area contributed by atoms with Gasteiger partial charge in [-0.05, 0) is 12.0 Å². The molecule has 1 fully saturated rings. The maximum absolute atomic E-state index is 12.4. The first kappa shape index (κ1) is 14.0. The maximum atomic E-state index is 12.4. The number of nitrogens with zero attached hydrogens (tertiary/aromatic N) is 1. The molecule has 0 aromatic rings. The Bertz CT molecular complexity index is 524. The van der Waals surface area contributed by atoms with Gasteiger partial charge in [-0.1, -0.05) is 13.8 Å². The van der Waals surface area contributed by atoms with Crippen LogP contribution in [0, 0.1) is 5.92 Å². The second kappa shape index (κ2) is 4.96. The number of amides is 2. The summed E-state index contributed by atoms with van der Waals surface area (Å²) in [6.45, 7) is 3.97. The van der Waals surface area contributed by atoms with Gasteiger partial charge < -0.3 is 10.2 Å². The van der Waals surface area contributed by atoms with Gasteiger partial charge in [0.25, 0.3) is 0 Å². The second-order valence-electron chi connectivity index (χ2n) is 5.30. The first-order valence-electron chi connectivity index (χ1n) is 6.31. The molecule has 1 saturated heterocycles. The number of nitrogens with one attached hydrogen (secondary N) is 1. The lowest BCUT2D eigenvalue weighted by Crippen LogP contribution is -2.51. The van der Waals surface area contributed by atoms with Crippen LogP contribution >= 0.6 is 0 Å². The molecule has 0 bridgehead atoms. The Morgan fingerprint density at radius 2 is 2.05 bits per heavy atom. The highest BCUT2D eigenvalue weighted by Gasteiger charge is 2.37. The molecule has 1 N–H and O–H groups in total. The summed E-state index contributed by atoms with van der Waals surface area (Å²) in [7, 11) is -3.21. The standard InChI is InChI=1S/C12H18N2O4S/c1-8(2)11-12(16)14(5-3-10(15)13-11)9-4-6-19(17,18)7-9/h4,6,8-9,11H,3,5,7H2,1-2H3,(H,13,15). The molecule has 0 saturated carbocycles. The van der Waals surface area contributed by atoms with Crippen LogP contribution in [0.1, 0.15) is 20.3 Å². The summed E-state index contributed by atoms with van der Waals surface area (Å²) in [6.07, 6.45) is 1.74. The van der Waals surface area contributed by atoms with Crippen LogP contribution in [0.2, 0.25) is 0 Å². The average Bonchev–Trinajstić information content (AvgIpc) is 2.58. The zero-order chi connectivity index (χ0) is 14.2. The van der Waals surface area contributed by atoms with Crippen LogP contribution in [-0.4, -0.2) is 49.5 Å². The maximum Gasteiger partial charge on any atom is 0.245 e. The van der Waals surface area contributed by atoms with E-state index in [9.17, 15) is 18.0 Å². The fraction of sp³-hybridized carbons (Fsp3) is 0.667. The molecule has 2 aliphatic heterocycles. The molecule has 2 amide bonds. The molecule has 2 rings (SSSR count).